The van der Waals surface area contributed by atoms with E-state index in [4.69, 9.17) is 9.47 Å². The number of hydrogen-bond acceptors (Lipinski definition) is 8. The van der Waals surface area contributed by atoms with E-state index in [1.165, 1.54) is 16.4 Å². The van der Waals surface area contributed by atoms with Gasteiger partial charge >= 0.3 is 12.3 Å². The molecule has 2 N–H and O–H groups in total. The molecule has 1 aromatic carbocycles. The Morgan fingerprint density at radius 2 is 1.59 bits per heavy atom. The number of hydroxylamine groups is 1. The second kappa shape index (κ2) is 13.5. The van der Waals surface area contributed by atoms with Crippen molar-refractivity contribution in [2.24, 2.45) is 0 Å². The maximum atomic E-state index is 13.8. The zero-order valence-corrected chi connectivity index (χ0v) is 23.6. The third-order valence-corrected chi connectivity index (χ3v) is 11.0. The van der Waals surface area contributed by atoms with Crippen molar-refractivity contribution in [3.05, 3.63) is 29.8 Å². The Balaban J connectivity index is 1.33. The van der Waals surface area contributed by atoms with Crippen LogP contribution in [0.25, 0.3) is 0 Å². The molecular weight excluding hydrogens is 572 g/mol. The molecule has 1 aromatic rings. The number of piperidine rings is 2. The van der Waals surface area contributed by atoms with Gasteiger partial charge in [0.2, 0.25) is 10.0 Å². The number of nitrogens with zero attached hydrogens (tertiary/aromatic N) is 3. The summed E-state index contributed by atoms with van der Waals surface area (Å²) in [4.78, 5) is 17.3. The molecule has 0 bridgehead atoms. The van der Waals surface area contributed by atoms with Gasteiger partial charge in [-0.25, -0.2) is 27.0 Å². The van der Waals surface area contributed by atoms with Crippen LogP contribution in [0.4, 0.5) is 17.6 Å². The van der Waals surface area contributed by atoms with Crippen molar-refractivity contribution in [2.45, 2.75) is 48.7 Å². The molecule has 0 radical (unpaired) electrons. The van der Waals surface area contributed by atoms with Crippen molar-refractivity contribution in [3.63, 3.8) is 0 Å². The molecule has 0 aliphatic carbocycles. The van der Waals surface area contributed by atoms with Gasteiger partial charge in [0.1, 0.15) is 5.75 Å². The van der Waals surface area contributed by atoms with Crippen molar-refractivity contribution < 1.29 is 45.5 Å². The van der Waals surface area contributed by atoms with Crippen LogP contribution >= 0.6 is 0 Å². The van der Waals surface area contributed by atoms with Crippen molar-refractivity contribution in [1.29, 1.82) is 0 Å². The fourth-order valence-corrected chi connectivity index (χ4v) is 7.87. The highest BCUT2D eigenvalue weighted by Crippen LogP contribution is 2.37. The highest BCUT2D eigenvalue weighted by molar-refractivity contribution is 7.91. The summed E-state index contributed by atoms with van der Waals surface area (Å²) in [6.07, 6.45) is -2.76. The fourth-order valence-electron chi connectivity index (χ4n) is 5.70. The second-order valence-electron chi connectivity index (χ2n) is 10.8. The summed E-state index contributed by atoms with van der Waals surface area (Å²) >= 11 is 0. The van der Waals surface area contributed by atoms with Crippen molar-refractivity contribution in [2.75, 3.05) is 72.2 Å². The molecular formula is C26H38F4N4O6S. The molecule has 3 heterocycles. The summed E-state index contributed by atoms with van der Waals surface area (Å²) in [7, 11) is -4.10. The second-order valence-corrected chi connectivity index (χ2v) is 13.1. The topological polar surface area (TPSA) is 112 Å². The zero-order valence-electron chi connectivity index (χ0n) is 22.8. The third kappa shape index (κ3) is 7.31. The summed E-state index contributed by atoms with van der Waals surface area (Å²) in [5, 5.41) is 9.47. The Labute approximate surface area is 237 Å². The lowest BCUT2D eigenvalue weighted by molar-refractivity contribution is -0.148. The maximum Gasteiger partial charge on any atom is 0.340 e. The number of sulfonamides is 1. The number of carbonyl (C=O) groups excluding carboxylic acids is 1. The van der Waals surface area contributed by atoms with E-state index in [1.807, 2.05) is 0 Å². The molecule has 232 valence electrons. The van der Waals surface area contributed by atoms with Crippen LogP contribution in [0.3, 0.4) is 0 Å². The van der Waals surface area contributed by atoms with Gasteiger partial charge in [-0.05, 0) is 49.3 Å². The van der Waals surface area contributed by atoms with Gasteiger partial charge in [-0.1, -0.05) is 12.1 Å². The van der Waals surface area contributed by atoms with E-state index in [-0.39, 0.29) is 37.6 Å². The lowest BCUT2D eigenvalue weighted by Gasteiger charge is -2.43. The van der Waals surface area contributed by atoms with Crippen LogP contribution in [-0.2, 0) is 19.6 Å². The highest BCUT2D eigenvalue weighted by Gasteiger charge is 2.55. The number of carbonyl (C=O) groups is 1. The zero-order chi connectivity index (χ0) is 29.7. The SMILES string of the molecule is O=C(NO)C1(S(=O)(=O)N2CCC(c3ccc(OCC(F)(F)C(F)F)cc3)CC2)CCN(CCN2CCOCC2)CC1. The number of morpholine rings is 1. The van der Waals surface area contributed by atoms with E-state index in [2.05, 4.69) is 9.80 Å². The quantitative estimate of drug-likeness (QED) is 0.223. The molecule has 3 saturated heterocycles. The normalized spacial score (nSPS) is 22.1. The minimum absolute atomic E-state index is 0.0253. The molecule has 0 aromatic heterocycles. The molecule has 0 spiro atoms. The molecule has 4 rings (SSSR count). The Kier molecular flexibility index (Phi) is 10.5. The van der Waals surface area contributed by atoms with Crippen molar-refractivity contribution >= 4 is 15.9 Å². The number of nitrogens with one attached hydrogen (secondary N) is 1. The van der Waals surface area contributed by atoms with Gasteiger partial charge in [0.05, 0.1) is 13.2 Å². The van der Waals surface area contributed by atoms with Gasteiger partial charge in [0.25, 0.3) is 5.91 Å². The summed E-state index contributed by atoms with van der Waals surface area (Å²) < 4.78 is 88.4. The van der Waals surface area contributed by atoms with Crippen LogP contribution in [0.1, 0.15) is 37.2 Å². The molecule has 10 nitrogen and oxygen atoms in total. The number of alkyl halides is 4. The van der Waals surface area contributed by atoms with Crippen LogP contribution in [0.15, 0.2) is 24.3 Å². The Morgan fingerprint density at radius 3 is 2.12 bits per heavy atom. The predicted octanol–water partition coefficient (Wildman–Crippen LogP) is 2.15. The van der Waals surface area contributed by atoms with Crippen LogP contribution < -0.4 is 10.2 Å². The van der Waals surface area contributed by atoms with E-state index in [1.54, 1.807) is 17.6 Å². The van der Waals surface area contributed by atoms with Crippen LogP contribution in [0.5, 0.6) is 5.75 Å². The number of hydrogen-bond donors (Lipinski definition) is 2. The van der Waals surface area contributed by atoms with E-state index < -0.39 is 39.6 Å². The average Bonchev–Trinajstić information content (AvgIpc) is 2.99. The molecule has 1 amide bonds. The van der Waals surface area contributed by atoms with E-state index >= 15 is 0 Å². The summed E-state index contributed by atoms with van der Waals surface area (Å²) in [5.74, 6) is -5.16. The number of likely N-dealkylation sites (tertiary alicyclic amines) is 1. The number of ether oxygens (including phenoxy) is 2. The molecule has 0 atom stereocenters. The first-order valence-corrected chi connectivity index (χ1v) is 15.3. The monoisotopic (exact) mass is 610 g/mol. The molecule has 41 heavy (non-hydrogen) atoms. The van der Waals surface area contributed by atoms with Gasteiger partial charge in [-0.15, -0.1) is 0 Å². The molecule has 3 aliphatic heterocycles. The first-order valence-electron chi connectivity index (χ1n) is 13.8. The maximum absolute atomic E-state index is 13.8. The highest BCUT2D eigenvalue weighted by atomic mass is 32.2. The predicted molar refractivity (Wildman–Crippen MR) is 141 cm³/mol. The lowest BCUT2D eigenvalue weighted by atomic mass is 9.90. The molecule has 0 saturated carbocycles. The average molecular weight is 611 g/mol. The number of rotatable bonds is 11. The fraction of sp³-hybridized carbons (Fsp3) is 0.731. The number of halogens is 4. The molecule has 3 fully saturated rings. The van der Waals surface area contributed by atoms with Gasteiger partial charge in [-0.3, -0.25) is 14.9 Å². The van der Waals surface area contributed by atoms with E-state index in [0.717, 1.165) is 31.7 Å². The van der Waals surface area contributed by atoms with E-state index in [0.29, 0.717) is 39.1 Å². The smallest absolute Gasteiger partial charge is 0.340 e. The van der Waals surface area contributed by atoms with Crippen LogP contribution in [0.2, 0.25) is 0 Å². The summed E-state index contributed by atoms with van der Waals surface area (Å²) in [6.45, 7) is 4.41. The Morgan fingerprint density at radius 1 is 1.02 bits per heavy atom. The third-order valence-electron chi connectivity index (χ3n) is 8.40. The van der Waals surface area contributed by atoms with Gasteiger partial charge in [-0.2, -0.15) is 8.78 Å². The Bertz CT molecular complexity index is 1110. The largest absolute Gasteiger partial charge is 0.487 e. The van der Waals surface area contributed by atoms with E-state index in [9.17, 15) is 36.0 Å². The standard InChI is InChI=1S/C26H38F4N4O6S/c27-23(28)26(29,30)19-40-22-3-1-20(2-4-22)21-5-9-34(10-6-21)41(37,38)25(24(35)31-36)7-11-32(12-8-25)13-14-33-15-17-39-18-16-33/h1-4,21,23,36H,5-19H2,(H,31,35). The van der Waals surface area contributed by atoms with Gasteiger partial charge in [0.15, 0.2) is 11.4 Å². The minimum Gasteiger partial charge on any atom is -0.487 e. The number of amides is 1. The number of benzene rings is 1. The molecule has 0 unspecified atom stereocenters. The van der Waals surface area contributed by atoms with Crippen molar-refractivity contribution in [3.8, 4) is 5.75 Å². The minimum atomic E-state index is -4.25. The summed E-state index contributed by atoms with van der Waals surface area (Å²) in [5.41, 5.74) is 2.44. The van der Waals surface area contributed by atoms with Gasteiger partial charge in [0, 0.05) is 52.4 Å². The van der Waals surface area contributed by atoms with Crippen LogP contribution in [-0.4, -0.2) is 123 Å². The van der Waals surface area contributed by atoms with Crippen LogP contribution in [0, 0.1) is 0 Å². The molecule has 15 heteroatoms. The molecule has 3 aliphatic rings. The lowest BCUT2D eigenvalue weighted by Crippen LogP contribution is -2.62. The summed E-state index contributed by atoms with van der Waals surface area (Å²) in [6, 6.07) is 6.15. The first-order chi connectivity index (χ1) is 19.5. The first kappa shape index (κ1) is 31.9. The van der Waals surface area contributed by atoms with Crippen molar-refractivity contribution in [1.82, 2.24) is 19.6 Å². The van der Waals surface area contributed by atoms with Gasteiger partial charge < -0.3 is 14.4 Å². The Hall–Kier alpha value is -2.04.